The molecule has 0 saturated carbocycles. The largest absolute Gasteiger partial charge is 0.371 e. The zero-order chi connectivity index (χ0) is 14.7. The van der Waals surface area contributed by atoms with Gasteiger partial charge in [-0.25, -0.2) is 4.98 Å². The summed E-state index contributed by atoms with van der Waals surface area (Å²) < 4.78 is 5.94. The van der Waals surface area contributed by atoms with Gasteiger partial charge < -0.3 is 15.0 Å². The molecule has 0 spiro atoms. The molecule has 2 saturated heterocycles. The fourth-order valence-electron chi connectivity index (χ4n) is 3.22. The molecule has 2 atom stereocenters. The van der Waals surface area contributed by atoms with Crippen LogP contribution < -0.4 is 10.2 Å². The number of anilines is 1. The monoisotopic (exact) mass is 309 g/mol. The Balaban J connectivity index is 1.71. The van der Waals surface area contributed by atoms with Gasteiger partial charge in [-0.1, -0.05) is 20.3 Å². The van der Waals surface area contributed by atoms with E-state index in [1.807, 2.05) is 11.3 Å². The minimum Gasteiger partial charge on any atom is -0.371 e. The summed E-state index contributed by atoms with van der Waals surface area (Å²) in [4.78, 5) is 8.83. The molecular formula is C16H27N3OS. The molecule has 0 radical (unpaired) electrons. The van der Waals surface area contributed by atoms with Crippen LogP contribution in [0.1, 0.15) is 50.1 Å². The van der Waals surface area contributed by atoms with Crippen molar-refractivity contribution in [1.29, 1.82) is 0 Å². The summed E-state index contributed by atoms with van der Waals surface area (Å²) in [6.45, 7) is 8.55. The highest BCUT2D eigenvalue weighted by molar-refractivity contribution is 7.15. The normalized spacial score (nSPS) is 24.8. The van der Waals surface area contributed by atoms with Crippen molar-refractivity contribution in [3.05, 3.63) is 10.6 Å². The third-order valence-corrected chi connectivity index (χ3v) is 5.44. The van der Waals surface area contributed by atoms with E-state index in [1.165, 1.54) is 35.0 Å². The van der Waals surface area contributed by atoms with Crippen LogP contribution in [-0.2, 0) is 17.7 Å². The van der Waals surface area contributed by atoms with E-state index in [0.29, 0.717) is 12.2 Å². The number of ether oxygens (including phenoxy) is 1. The molecule has 21 heavy (non-hydrogen) atoms. The number of morpholine rings is 1. The number of aromatic nitrogens is 1. The summed E-state index contributed by atoms with van der Waals surface area (Å²) in [5.74, 6) is 0. The van der Waals surface area contributed by atoms with Crippen LogP contribution in [0.3, 0.4) is 0 Å². The van der Waals surface area contributed by atoms with Gasteiger partial charge in [-0.15, -0.1) is 11.3 Å². The van der Waals surface area contributed by atoms with Crippen LogP contribution in [0, 0.1) is 0 Å². The first-order valence-corrected chi connectivity index (χ1v) is 9.21. The van der Waals surface area contributed by atoms with Crippen LogP contribution in [0.15, 0.2) is 0 Å². The Bertz CT molecular complexity index is 450. The minimum absolute atomic E-state index is 0.434. The molecule has 0 aromatic carbocycles. The number of hydrogen-bond acceptors (Lipinski definition) is 5. The Hall–Kier alpha value is -0.650. The first kappa shape index (κ1) is 15.3. The fourth-order valence-corrected chi connectivity index (χ4v) is 4.32. The van der Waals surface area contributed by atoms with E-state index in [9.17, 15) is 0 Å². The third-order valence-electron chi connectivity index (χ3n) is 4.28. The van der Waals surface area contributed by atoms with Crippen LogP contribution in [0.4, 0.5) is 5.13 Å². The quantitative estimate of drug-likeness (QED) is 0.786. The zero-order valence-electron chi connectivity index (χ0n) is 13.2. The van der Waals surface area contributed by atoms with Crippen molar-refractivity contribution in [2.24, 2.45) is 0 Å². The number of fused-ring (bicyclic) bond motifs is 2. The highest BCUT2D eigenvalue weighted by Gasteiger charge is 2.35. The van der Waals surface area contributed by atoms with E-state index in [-0.39, 0.29) is 0 Å². The number of aryl methyl sites for hydroxylation is 1. The van der Waals surface area contributed by atoms with Gasteiger partial charge in [-0.3, -0.25) is 0 Å². The van der Waals surface area contributed by atoms with Gasteiger partial charge in [0.05, 0.1) is 17.9 Å². The van der Waals surface area contributed by atoms with Gasteiger partial charge in [0.2, 0.25) is 0 Å². The fraction of sp³-hybridized carbons (Fsp3) is 0.812. The molecule has 118 valence electrons. The lowest BCUT2D eigenvalue weighted by Crippen LogP contribution is -2.42. The second-order valence-corrected chi connectivity index (χ2v) is 7.22. The minimum atomic E-state index is 0.434. The second-order valence-electron chi connectivity index (χ2n) is 6.16. The lowest BCUT2D eigenvalue weighted by atomic mass is 10.2. The van der Waals surface area contributed by atoms with Gasteiger partial charge in [-0.2, -0.15) is 0 Å². The predicted molar refractivity (Wildman–Crippen MR) is 88.2 cm³/mol. The number of rotatable bonds is 7. The summed E-state index contributed by atoms with van der Waals surface area (Å²) in [5.41, 5.74) is 1.31. The molecule has 1 aromatic rings. The maximum Gasteiger partial charge on any atom is 0.186 e. The Morgan fingerprint density at radius 2 is 2.00 bits per heavy atom. The Morgan fingerprint density at radius 3 is 2.67 bits per heavy atom. The number of nitrogens with zero attached hydrogens (tertiary/aromatic N) is 2. The summed E-state index contributed by atoms with van der Waals surface area (Å²) in [6, 6.07) is 0. The molecule has 2 unspecified atom stereocenters. The SMILES string of the molecule is CCCNCc1sc(N2CC3CCC(C2)O3)nc1CCC. The standard InChI is InChI=1S/C16H27N3OS/c1-3-5-14-15(9-17-8-4-2)21-16(18-14)19-10-12-6-7-13(11-19)20-12/h12-13,17H,3-11H2,1-2H3. The summed E-state index contributed by atoms with van der Waals surface area (Å²) >= 11 is 1.89. The summed E-state index contributed by atoms with van der Waals surface area (Å²) in [6.07, 6.45) is 6.75. The summed E-state index contributed by atoms with van der Waals surface area (Å²) in [5, 5.41) is 4.74. The van der Waals surface area contributed by atoms with Crippen molar-refractivity contribution in [3.8, 4) is 0 Å². The molecule has 4 nitrogen and oxygen atoms in total. The number of thiazole rings is 1. The van der Waals surface area contributed by atoms with Crippen molar-refractivity contribution in [3.63, 3.8) is 0 Å². The van der Waals surface area contributed by atoms with Crippen LogP contribution in [-0.4, -0.2) is 36.8 Å². The summed E-state index contributed by atoms with van der Waals surface area (Å²) in [7, 11) is 0. The molecule has 2 aliphatic heterocycles. The maximum absolute atomic E-state index is 5.94. The third kappa shape index (κ3) is 3.58. The van der Waals surface area contributed by atoms with E-state index in [2.05, 4.69) is 24.1 Å². The van der Waals surface area contributed by atoms with E-state index < -0.39 is 0 Å². The van der Waals surface area contributed by atoms with Gasteiger partial charge in [0.1, 0.15) is 0 Å². The Kier molecular flexibility index (Phi) is 5.14. The zero-order valence-corrected chi connectivity index (χ0v) is 14.0. The molecule has 2 fully saturated rings. The molecule has 0 aliphatic carbocycles. The molecule has 5 heteroatoms. The van der Waals surface area contributed by atoms with Crippen molar-refractivity contribution in [1.82, 2.24) is 10.3 Å². The van der Waals surface area contributed by atoms with E-state index in [4.69, 9.17) is 9.72 Å². The van der Waals surface area contributed by atoms with Crippen molar-refractivity contribution in [2.45, 2.75) is 64.7 Å². The highest BCUT2D eigenvalue weighted by Crippen LogP contribution is 2.33. The van der Waals surface area contributed by atoms with Crippen molar-refractivity contribution < 1.29 is 4.74 Å². The molecule has 0 amide bonds. The lowest BCUT2D eigenvalue weighted by molar-refractivity contribution is 0.0305. The lowest BCUT2D eigenvalue weighted by Gasteiger charge is -2.31. The maximum atomic E-state index is 5.94. The smallest absolute Gasteiger partial charge is 0.186 e. The molecule has 3 heterocycles. The van der Waals surface area contributed by atoms with Gasteiger partial charge >= 0.3 is 0 Å². The van der Waals surface area contributed by atoms with Gasteiger partial charge in [-0.05, 0) is 32.2 Å². The number of nitrogens with one attached hydrogen (secondary N) is 1. The topological polar surface area (TPSA) is 37.4 Å². The molecule has 1 aromatic heterocycles. The molecule has 3 rings (SSSR count). The second kappa shape index (κ2) is 7.07. The first-order valence-electron chi connectivity index (χ1n) is 8.39. The van der Waals surface area contributed by atoms with Crippen LogP contribution in [0.5, 0.6) is 0 Å². The van der Waals surface area contributed by atoms with Gasteiger partial charge in [0, 0.05) is 24.5 Å². The first-order chi connectivity index (χ1) is 10.3. The number of hydrogen-bond donors (Lipinski definition) is 1. The van der Waals surface area contributed by atoms with Crippen molar-refractivity contribution >= 4 is 16.5 Å². The molecule has 1 N–H and O–H groups in total. The van der Waals surface area contributed by atoms with Gasteiger partial charge in [0.25, 0.3) is 0 Å². The molecule has 2 aliphatic rings. The Labute approximate surface area is 131 Å². The van der Waals surface area contributed by atoms with Gasteiger partial charge in [0.15, 0.2) is 5.13 Å². The van der Waals surface area contributed by atoms with E-state index in [1.54, 1.807) is 0 Å². The van der Waals surface area contributed by atoms with Crippen LogP contribution in [0.2, 0.25) is 0 Å². The average molecular weight is 309 g/mol. The molecule has 2 bridgehead atoms. The van der Waals surface area contributed by atoms with Crippen molar-refractivity contribution in [2.75, 3.05) is 24.5 Å². The molecular weight excluding hydrogens is 282 g/mol. The van der Waals surface area contributed by atoms with Crippen LogP contribution in [0.25, 0.3) is 0 Å². The van der Waals surface area contributed by atoms with E-state index in [0.717, 1.165) is 39.0 Å². The predicted octanol–water partition coefficient (Wildman–Crippen LogP) is 2.96. The van der Waals surface area contributed by atoms with Crippen LogP contribution >= 0.6 is 11.3 Å². The average Bonchev–Trinajstić information content (AvgIpc) is 3.03. The highest BCUT2D eigenvalue weighted by atomic mass is 32.1. The Morgan fingerprint density at radius 1 is 1.24 bits per heavy atom. The van der Waals surface area contributed by atoms with E-state index >= 15 is 0 Å².